The van der Waals surface area contributed by atoms with Gasteiger partial charge in [0.15, 0.2) is 16.6 Å². The van der Waals surface area contributed by atoms with Gasteiger partial charge in [0.05, 0.1) is 18.4 Å². The van der Waals surface area contributed by atoms with Gasteiger partial charge in [-0.2, -0.15) is 0 Å². The number of rotatable bonds is 2. The molecule has 194 valence electrons. The Morgan fingerprint density at radius 1 is 1.19 bits per heavy atom. The van der Waals surface area contributed by atoms with E-state index in [1.807, 2.05) is 6.07 Å². The molecule has 0 unspecified atom stereocenters. The average molecular weight is 523 g/mol. The maximum absolute atomic E-state index is 13.8. The molecule has 6 rings (SSSR count). The summed E-state index contributed by atoms with van der Waals surface area (Å²) in [5.74, 6) is 0.279. The normalized spacial score (nSPS) is 21.7. The van der Waals surface area contributed by atoms with Crippen LogP contribution >= 0.6 is 11.3 Å². The van der Waals surface area contributed by atoms with Crippen LogP contribution in [0.4, 0.5) is 21.2 Å². The molecule has 3 aromatic rings. The Balaban J connectivity index is 1.16. The summed E-state index contributed by atoms with van der Waals surface area (Å²) >= 11 is 1.41. The summed E-state index contributed by atoms with van der Waals surface area (Å²) in [6, 6.07) is 4.77. The molecule has 37 heavy (non-hydrogen) atoms. The second-order valence-corrected chi connectivity index (χ2v) is 12.3. The molecule has 1 saturated heterocycles. The number of nitrogens with zero attached hydrogens (tertiary/aromatic N) is 5. The highest BCUT2D eigenvalue weighted by atomic mass is 32.1. The molecule has 6 N–H and O–H groups in total. The summed E-state index contributed by atoms with van der Waals surface area (Å²) < 4.78 is 13.8. The van der Waals surface area contributed by atoms with E-state index in [-0.39, 0.29) is 40.1 Å². The second-order valence-electron chi connectivity index (χ2n) is 11.2. The van der Waals surface area contributed by atoms with Crippen LogP contribution in [-0.4, -0.2) is 45.4 Å². The minimum atomic E-state index is -0.324. The molecule has 1 amide bonds. The number of nitrogen functional groups attached to an aromatic ring is 2. The number of benzene rings is 1. The number of carbonyl (C=O) groups is 1. The van der Waals surface area contributed by atoms with Crippen molar-refractivity contribution in [1.82, 2.24) is 19.9 Å². The van der Waals surface area contributed by atoms with Crippen LogP contribution in [0.3, 0.4) is 0 Å². The lowest BCUT2D eigenvalue weighted by Gasteiger charge is -2.42. The van der Waals surface area contributed by atoms with Gasteiger partial charge in [-0.05, 0) is 47.9 Å². The van der Waals surface area contributed by atoms with Crippen LogP contribution in [0.25, 0.3) is 0 Å². The molecule has 1 fully saturated rings. The van der Waals surface area contributed by atoms with E-state index in [0.717, 1.165) is 54.0 Å². The topological polar surface area (TPSA) is 140 Å². The van der Waals surface area contributed by atoms with E-state index >= 15 is 0 Å². The van der Waals surface area contributed by atoms with Crippen molar-refractivity contribution in [2.75, 3.05) is 36.0 Å². The van der Waals surface area contributed by atoms with Crippen LogP contribution in [0, 0.1) is 11.2 Å². The summed E-state index contributed by atoms with van der Waals surface area (Å²) in [6.45, 7) is 6.50. The van der Waals surface area contributed by atoms with Crippen LogP contribution in [0.1, 0.15) is 64.9 Å². The zero-order valence-corrected chi connectivity index (χ0v) is 21.8. The highest BCUT2D eigenvalue weighted by Gasteiger charge is 2.46. The van der Waals surface area contributed by atoms with Gasteiger partial charge in [0.25, 0.3) is 5.91 Å². The Kier molecular flexibility index (Phi) is 5.43. The summed E-state index contributed by atoms with van der Waals surface area (Å²) in [4.78, 5) is 31.8. The quantitative estimate of drug-likeness (QED) is 0.467. The molecule has 0 bridgehead atoms. The maximum Gasteiger partial charge on any atom is 0.276 e. The molecule has 1 atom stereocenters. The van der Waals surface area contributed by atoms with Crippen LogP contribution in [0.2, 0.25) is 0 Å². The standard InChI is InChI=1S/C26H31FN8OS/c1-25(2)13-35(12-17-21(25)33-24(30)37-17)23(36)19-22(29)32-18(11-31-19)34-7-5-26(6-8-34)10-14-3-4-15(27)9-16(14)20(26)28/h3-4,9,11,20H,5-8,10,12-13,28H2,1-2H3,(H2,29,32)(H2,30,33)/t20-/m1/s1. The Morgan fingerprint density at radius 3 is 2.68 bits per heavy atom. The molecule has 3 aliphatic rings. The maximum atomic E-state index is 13.8. The molecule has 2 aliphatic heterocycles. The Hall–Kier alpha value is -3.31. The molecule has 11 heteroatoms. The van der Waals surface area contributed by atoms with Crippen molar-refractivity contribution in [3.63, 3.8) is 0 Å². The number of aromatic nitrogens is 3. The minimum absolute atomic E-state index is 0.0819. The predicted octanol–water partition coefficient (Wildman–Crippen LogP) is 3.01. The molecular weight excluding hydrogens is 491 g/mol. The first-order valence-electron chi connectivity index (χ1n) is 12.5. The molecule has 9 nitrogen and oxygen atoms in total. The van der Waals surface area contributed by atoms with Crippen molar-refractivity contribution in [2.24, 2.45) is 11.1 Å². The van der Waals surface area contributed by atoms with E-state index in [2.05, 4.69) is 33.7 Å². The number of amides is 1. The highest BCUT2D eigenvalue weighted by Crippen LogP contribution is 2.51. The van der Waals surface area contributed by atoms with Crippen LogP contribution in [0.15, 0.2) is 24.4 Å². The lowest BCUT2D eigenvalue weighted by molar-refractivity contribution is 0.0682. The number of halogens is 1. The third-order valence-electron chi connectivity index (χ3n) is 8.28. The molecule has 0 radical (unpaired) electrons. The van der Waals surface area contributed by atoms with Gasteiger partial charge in [-0.3, -0.25) is 4.79 Å². The van der Waals surface area contributed by atoms with Crippen molar-refractivity contribution >= 4 is 34.0 Å². The van der Waals surface area contributed by atoms with Crippen molar-refractivity contribution in [3.8, 4) is 0 Å². The number of nitrogens with two attached hydrogens (primary N) is 3. The first-order valence-corrected chi connectivity index (χ1v) is 13.3. The molecule has 1 spiro atoms. The third kappa shape index (κ3) is 3.91. The number of piperidine rings is 1. The fraction of sp³-hybridized carbons (Fsp3) is 0.462. The number of hydrogen-bond donors (Lipinski definition) is 3. The monoisotopic (exact) mass is 522 g/mol. The number of anilines is 3. The van der Waals surface area contributed by atoms with Gasteiger partial charge in [-0.1, -0.05) is 19.9 Å². The zero-order valence-electron chi connectivity index (χ0n) is 21.0. The lowest BCUT2D eigenvalue weighted by Crippen LogP contribution is -2.45. The largest absolute Gasteiger partial charge is 0.382 e. The fourth-order valence-corrected chi connectivity index (χ4v) is 7.32. The summed E-state index contributed by atoms with van der Waals surface area (Å²) in [6.07, 6.45) is 4.20. The van der Waals surface area contributed by atoms with Gasteiger partial charge < -0.3 is 27.0 Å². The zero-order chi connectivity index (χ0) is 26.1. The number of carbonyl (C=O) groups excluding carboxylic acids is 1. The van der Waals surface area contributed by atoms with E-state index in [4.69, 9.17) is 17.2 Å². The number of thiazole rings is 1. The van der Waals surface area contributed by atoms with Gasteiger partial charge >= 0.3 is 0 Å². The molecule has 1 aromatic carbocycles. The van der Waals surface area contributed by atoms with Gasteiger partial charge in [0, 0.05) is 36.0 Å². The van der Waals surface area contributed by atoms with Crippen LogP contribution in [-0.2, 0) is 18.4 Å². The molecular formula is C26H31FN8OS. The van der Waals surface area contributed by atoms with E-state index in [0.29, 0.717) is 24.0 Å². The SMILES string of the molecule is CC1(C)CN(C(=O)c2ncc(N3CCC4(CC3)Cc3ccc(F)cc3[C@H]4N)nc2N)Cc2sc(N)nc21. The van der Waals surface area contributed by atoms with E-state index in [1.165, 1.54) is 17.4 Å². The first kappa shape index (κ1) is 24.1. The van der Waals surface area contributed by atoms with Crippen molar-refractivity contribution in [3.05, 3.63) is 57.6 Å². The van der Waals surface area contributed by atoms with Gasteiger partial charge in [-0.15, -0.1) is 11.3 Å². The molecule has 2 aromatic heterocycles. The number of fused-ring (bicyclic) bond motifs is 2. The Bertz CT molecular complexity index is 1400. The lowest BCUT2D eigenvalue weighted by atomic mass is 9.73. The van der Waals surface area contributed by atoms with Crippen molar-refractivity contribution in [2.45, 2.75) is 51.1 Å². The Labute approximate surface area is 218 Å². The first-order chi connectivity index (χ1) is 17.6. The molecule has 1 aliphatic carbocycles. The average Bonchev–Trinajstić information content (AvgIpc) is 3.36. The minimum Gasteiger partial charge on any atom is -0.382 e. The summed E-state index contributed by atoms with van der Waals surface area (Å²) in [5, 5.41) is 0.508. The summed E-state index contributed by atoms with van der Waals surface area (Å²) in [7, 11) is 0. The van der Waals surface area contributed by atoms with Gasteiger partial charge in [0.1, 0.15) is 11.6 Å². The van der Waals surface area contributed by atoms with Gasteiger partial charge in [0.2, 0.25) is 0 Å². The molecule has 0 saturated carbocycles. The van der Waals surface area contributed by atoms with Crippen molar-refractivity contribution in [1.29, 1.82) is 0 Å². The van der Waals surface area contributed by atoms with E-state index < -0.39 is 0 Å². The number of hydrogen-bond acceptors (Lipinski definition) is 9. The smallest absolute Gasteiger partial charge is 0.276 e. The third-order valence-corrected chi connectivity index (χ3v) is 9.15. The fourth-order valence-electron chi connectivity index (χ4n) is 6.30. The van der Waals surface area contributed by atoms with Crippen LogP contribution in [0.5, 0.6) is 0 Å². The Morgan fingerprint density at radius 2 is 1.95 bits per heavy atom. The highest BCUT2D eigenvalue weighted by molar-refractivity contribution is 7.15. The van der Waals surface area contributed by atoms with Gasteiger partial charge in [-0.25, -0.2) is 19.3 Å². The molecule has 4 heterocycles. The van der Waals surface area contributed by atoms with E-state index in [1.54, 1.807) is 17.2 Å². The van der Waals surface area contributed by atoms with E-state index in [9.17, 15) is 9.18 Å². The summed E-state index contributed by atoms with van der Waals surface area (Å²) in [5.41, 5.74) is 21.6. The van der Waals surface area contributed by atoms with Crippen LogP contribution < -0.4 is 22.1 Å². The van der Waals surface area contributed by atoms with Crippen molar-refractivity contribution < 1.29 is 9.18 Å². The predicted molar refractivity (Wildman–Crippen MR) is 142 cm³/mol. The second kappa shape index (κ2) is 8.35.